The van der Waals surface area contributed by atoms with E-state index < -0.39 is 6.10 Å². The highest BCUT2D eigenvalue weighted by Gasteiger charge is 2.30. The summed E-state index contributed by atoms with van der Waals surface area (Å²) in [5, 5.41) is 9.94. The molecule has 1 aliphatic heterocycles. The van der Waals surface area contributed by atoms with Crippen LogP contribution >= 0.6 is 0 Å². The second-order valence-electron chi connectivity index (χ2n) is 4.31. The van der Waals surface area contributed by atoms with Gasteiger partial charge in [-0.15, -0.1) is 0 Å². The normalized spacial score (nSPS) is 20.5. The van der Waals surface area contributed by atoms with E-state index >= 15 is 0 Å². The number of aliphatic hydroxyl groups excluding tert-OH is 1. The summed E-state index contributed by atoms with van der Waals surface area (Å²) in [6.45, 7) is 5.36. The van der Waals surface area contributed by atoms with E-state index in [2.05, 4.69) is 0 Å². The summed E-state index contributed by atoms with van der Waals surface area (Å²) in [6.07, 6.45) is 2.52. The molecule has 0 bridgehead atoms. The first kappa shape index (κ1) is 12.7. The van der Waals surface area contributed by atoms with E-state index in [1.165, 1.54) is 0 Å². The molecule has 1 saturated heterocycles. The number of hydrogen-bond acceptors (Lipinski definition) is 3. The lowest BCUT2D eigenvalue weighted by molar-refractivity contribution is -0.137. The Hall–Kier alpha value is -0.410. The molecule has 0 aromatic rings. The molecule has 3 heteroatoms. The molecule has 0 amide bonds. The summed E-state index contributed by atoms with van der Waals surface area (Å²) < 4.78 is 5.21. The fourth-order valence-corrected chi connectivity index (χ4v) is 2.19. The van der Waals surface area contributed by atoms with E-state index in [-0.39, 0.29) is 17.6 Å². The maximum absolute atomic E-state index is 12.0. The zero-order valence-electron chi connectivity index (χ0n) is 9.74. The minimum Gasteiger partial charge on any atom is -0.385 e. The van der Waals surface area contributed by atoms with Gasteiger partial charge in [0.05, 0.1) is 0 Å². The number of carbonyl (C=O) groups is 1. The third kappa shape index (κ3) is 3.28. The van der Waals surface area contributed by atoms with Crippen molar-refractivity contribution in [2.75, 3.05) is 13.2 Å². The molecule has 1 unspecified atom stereocenters. The van der Waals surface area contributed by atoms with Gasteiger partial charge in [0.25, 0.3) is 0 Å². The second kappa shape index (κ2) is 6.23. The quantitative estimate of drug-likeness (QED) is 0.758. The van der Waals surface area contributed by atoms with Crippen LogP contribution in [0.3, 0.4) is 0 Å². The Labute approximate surface area is 91.8 Å². The van der Waals surface area contributed by atoms with Crippen molar-refractivity contribution in [1.29, 1.82) is 0 Å². The summed E-state index contributed by atoms with van der Waals surface area (Å²) in [4.78, 5) is 12.0. The molecule has 0 aromatic heterocycles. The van der Waals surface area contributed by atoms with Gasteiger partial charge in [-0.25, -0.2) is 0 Å². The molecule has 1 N–H and O–H groups in total. The van der Waals surface area contributed by atoms with Crippen molar-refractivity contribution in [2.24, 2.45) is 11.8 Å². The van der Waals surface area contributed by atoms with Gasteiger partial charge in [-0.05, 0) is 18.8 Å². The van der Waals surface area contributed by atoms with Crippen LogP contribution in [0.2, 0.25) is 0 Å². The van der Waals surface area contributed by atoms with Crippen molar-refractivity contribution < 1.29 is 14.6 Å². The summed E-state index contributed by atoms with van der Waals surface area (Å²) in [7, 11) is 0. The summed E-state index contributed by atoms with van der Waals surface area (Å²) in [5.74, 6) is 0.182. The van der Waals surface area contributed by atoms with Crippen LogP contribution in [0.25, 0.3) is 0 Å². The van der Waals surface area contributed by atoms with E-state index in [1.807, 2.05) is 13.8 Å². The fraction of sp³-hybridized carbons (Fsp3) is 0.917. The van der Waals surface area contributed by atoms with Gasteiger partial charge in [0.1, 0.15) is 6.10 Å². The minimum atomic E-state index is -0.761. The molecular formula is C12H22O3. The Kier molecular flexibility index (Phi) is 5.26. The SMILES string of the molecule is CCC(CC)C(O)C(=O)C1CCOCC1. The average molecular weight is 214 g/mol. The summed E-state index contributed by atoms with van der Waals surface area (Å²) >= 11 is 0. The average Bonchev–Trinajstić information content (AvgIpc) is 2.30. The van der Waals surface area contributed by atoms with Gasteiger partial charge in [0, 0.05) is 19.1 Å². The van der Waals surface area contributed by atoms with Crippen LogP contribution in [0.1, 0.15) is 39.5 Å². The molecule has 1 heterocycles. The predicted octanol–water partition coefficient (Wildman–Crippen LogP) is 1.78. The van der Waals surface area contributed by atoms with E-state index in [9.17, 15) is 9.90 Å². The summed E-state index contributed by atoms with van der Waals surface area (Å²) in [5.41, 5.74) is 0. The maximum atomic E-state index is 12.0. The molecule has 1 atom stereocenters. The third-order valence-electron chi connectivity index (χ3n) is 3.41. The first-order valence-electron chi connectivity index (χ1n) is 6.00. The van der Waals surface area contributed by atoms with Crippen LogP contribution in [0.15, 0.2) is 0 Å². The molecular weight excluding hydrogens is 192 g/mol. The molecule has 0 radical (unpaired) electrons. The van der Waals surface area contributed by atoms with E-state index in [0.717, 1.165) is 25.7 Å². The standard InChI is InChI=1S/C12H22O3/c1-3-9(4-2)11(13)12(14)10-5-7-15-8-6-10/h9-11,13H,3-8H2,1-2H3. The first-order chi connectivity index (χ1) is 7.20. The van der Waals surface area contributed by atoms with Crippen molar-refractivity contribution in [3.05, 3.63) is 0 Å². The molecule has 0 aliphatic carbocycles. The molecule has 3 nitrogen and oxygen atoms in total. The number of Topliss-reactive ketones (excluding diaryl/α,β-unsaturated/α-hetero) is 1. The number of rotatable bonds is 5. The van der Waals surface area contributed by atoms with Gasteiger partial charge >= 0.3 is 0 Å². The largest absolute Gasteiger partial charge is 0.385 e. The minimum absolute atomic E-state index is 0.0225. The van der Waals surface area contributed by atoms with Gasteiger partial charge < -0.3 is 9.84 Å². The lowest BCUT2D eigenvalue weighted by Crippen LogP contribution is -2.36. The van der Waals surface area contributed by atoms with Crippen molar-refractivity contribution in [3.63, 3.8) is 0 Å². The van der Waals surface area contributed by atoms with Crippen molar-refractivity contribution in [1.82, 2.24) is 0 Å². The highest BCUT2D eigenvalue weighted by Crippen LogP contribution is 2.22. The van der Waals surface area contributed by atoms with Crippen molar-refractivity contribution in [3.8, 4) is 0 Å². The van der Waals surface area contributed by atoms with Crippen molar-refractivity contribution in [2.45, 2.75) is 45.6 Å². The molecule has 1 fully saturated rings. The van der Waals surface area contributed by atoms with Crippen LogP contribution in [-0.4, -0.2) is 30.2 Å². The Morgan fingerprint density at radius 3 is 2.33 bits per heavy atom. The van der Waals surface area contributed by atoms with Gasteiger partial charge in [-0.3, -0.25) is 4.79 Å². The predicted molar refractivity (Wildman–Crippen MR) is 58.6 cm³/mol. The number of ether oxygens (including phenoxy) is 1. The van der Waals surface area contributed by atoms with Crippen LogP contribution in [0.5, 0.6) is 0 Å². The molecule has 1 rings (SSSR count). The van der Waals surface area contributed by atoms with Gasteiger partial charge in [-0.2, -0.15) is 0 Å². The molecule has 0 aromatic carbocycles. The highest BCUT2D eigenvalue weighted by molar-refractivity contribution is 5.85. The van der Waals surface area contributed by atoms with Crippen molar-refractivity contribution >= 4 is 5.78 Å². The zero-order chi connectivity index (χ0) is 11.3. The summed E-state index contributed by atoms with van der Waals surface area (Å²) in [6, 6.07) is 0. The second-order valence-corrected chi connectivity index (χ2v) is 4.31. The Morgan fingerprint density at radius 1 is 1.33 bits per heavy atom. The monoisotopic (exact) mass is 214 g/mol. The number of ketones is 1. The zero-order valence-corrected chi connectivity index (χ0v) is 9.74. The van der Waals surface area contributed by atoms with Crippen LogP contribution in [0.4, 0.5) is 0 Å². The molecule has 15 heavy (non-hydrogen) atoms. The Morgan fingerprint density at radius 2 is 1.87 bits per heavy atom. The molecule has 88 valence electrons. The number of hydrogen-bond donors (Lipinski definition) is 1. The third-order valence-corrected chi connectivity index (χ3v) is 3.41. The highest BCUT2D eigenvalue weighted by atomic mass is 16.5. The number of aliphatic hydroxyl groups is 1. The topological polar surface area (TPSA) is 46.5 Å². The van der Waals surface area contributed by atoms with Crippen LogP contribution in [-0.2, 0) is 9.53 Å². The molecule has 0 saturated carbocycles. The van der Waals surface area contributed by atoms with Gasteiger partial charge in [0.2, 0.25) is 0 Å². The van der Waals surface area contributed by atoms with E-state index in [1.54, 1.807) is 0 Å². The smallest absolute Gasteiger partial charge is 0.164 e. The van der Waals surface area contributed by atoms with Gasteiger partial charge in [0.15, 0.2) is 5.78 Å². The lowest BCUT2D eigenvalue weighted by Gasteiger charge is -2.26. The molecule has 0 spiro atoms. The Bertz CT molecular complexity index is 193. The van der Waals surface area contributed by atoms with E-state index in [0.29, 0.717) is 13.2 Å². The fourth-order valence-electron chi connectivity index (χ4n) is 2.19. The van der Waals surface area contributed by atoms with E-state index in [4.69, 9.17) is 4.74 Å². The maximum Gasteiger partial charge on any atom is 0.164 e. The van der Waals surface area contributed by atoms with Gasteiger partial charge in [-0.1, -0.05) is 26.7 Å². The molecule has 1 aliphatic rings. The van der Waals surface area contributed by atoms with Crippen LogP contribution in [0, 0.1) is 11.8 Å². The first-order valence-corrected chi connectivity index (χ1v) is 6.00. The van der Waals surface area contributed by atoms with Crippen LogP contribution < -0.4 is 0 Å². The lowest BCUT2D eigenvalue weighted by atomic mass is 9.85. The number of carbonyl (C=O) groups excluding carboxylic acids is 1. The Balaban J connectivity index is 2.49.